The van der Waals surface area contributed by atoms with Gasteiger partial charge >= 0.3 is 0 Å². The zero-order valence-corrected chi connectivity index (χ0v) is 13.7. The SMILES string of the molecule is CC(C)c1ccc(SC2CCC(C#N)(NC3CC3)C2)cc1. The van der Waals surface area contributed by atoms with Crippen molar-refractivity contribution in [1.29, 1.82) is 5.26 Å². The first-order chi connectivity index (χ1) is 10.1. The van der Waals surface area contributed by atoms with Crippen LogP contribution in [0.3, 0.4) is 0 Å². The Morgan fingerprint density at radius 1 is 1.24 bits per heavy atom. The summed E-state index contributed by atoms with van der Waals surface area (Å²) in [5, 5.41) is 13.7. The van der Waals surface area contributed by atoms with Gasteiger partial charge in [-0.2, -0.15) is 5.26 Å². The van der Waals surface area contributed by atoms with Crippen LogP contribution in [0.25, 0.3) is 0 Å². The summed E-state index contributed by atoms with van der Waals surface area (Å²) in [6.45, 7) is 4.45. The molecule has 2 atom stereocenters. The quantitative estimate of drug-likeness (QED) is 0.871. The van der Waals surface area contributed by atoms with Gasteiger partial charge in [0.25, 0.3) is 0 Å². The number of nitrogens with zero attached hydrogens (tertiary/aromatic N) is 1. The largest absolute Gasteiger partial charge is 0.297 e. The average molecular weight is 300 g/mol. The highest BCUT2D eigenvalue weighted by Gasteiger charge is 2.43. The molecule has 1 N–H and O–H groups in total. The highest BCUT2D eigenvalue weighted by Crippen LogP contribution is 2.41. The van der Waals surface area contributed by atoms with Crippen molar-refractivity contribution in [2.24, 2.45) is 0 Å². The molecule has 0 heterocycles. The van der Waals surface area contributed by atoms with E-state index in [2.05, 4.69) is 49.5 Å². The van der Waals surface area contributed by atoms with Gasteiger partial charge in [-0.3, -0.25) is 5.32 Å². The molecule has 2 aliphatic carbocycles. The molecular formula is C18H24N2S. The van der Waals surface area contributed by atoms with Gasteiger partial charge in [-0.1, -0.05) is 26.0 Å². The van der Waals surface area contributed by atoms with Gasteiger partial charge in [-0.15, -0.1) is 11.8 Å². The van der Waals surface area contributed by atoms with Crippen molar-refractivity contribution in [3.8, 4) is 6.07 Å². The van der Waals surface area contributed by atoms with E-state index in [1.54, 1.807) is 0 Å². The molecule has 0 spiro atoms. The van der Waals surface area contributed by atoms with E-state index in [1.165, 1.54) is 23.3 Å². The Morgan fingerprint density at radius 2 is 1.95 bits per heavy atom. The molecule has 1 aromatic rings. The van der Waals surface area contributed by atoms with Crippen molar-refractivity contribution in [3.63, 3.8) is 0 Å². The fourth-order valence-electron chi connectivity index (χ4n) is 3.11. The molecule has 1 aromatic carbocycles. The molecule has 2 unspecified atom stereocenters. The predicted molar refractivity (Wildman–Crippen MR) is 88.5 cm³/mol. The lowest BCUT2D eigenvalue weighted by Crippen LogP contribution is -2.43. The van der Waals surface area contributed by atoms with Gasteiger partial charge in [0.15, 0.2) is 0 Å². The van der Waals surface area contributed by atoms with Crippen LogP contribution in [0, 0.1) is 11.3 Å². The Bertz CT molecular complexity index is 527. The van der Waals surface area contributed by atoms with Crippen molar-refractivity contribution in [2.45, 2.75) is 73.6 Å². The predicted octanol–water partition coefficient (Wildman–Crippen LogP) is 4.47. The molecule has 0 radical (unpaired) electrons. The molecule has 3 rings (SSSR count). The fraction of sp³-hybridized carbons (Fsp3) is 0.611. The number of hydrogen-bond acceptors (Lipinski definition) is 3. The molecule has 2 fully saturated rings. The van der Waals surface area contributed by atoms with Gasteiger partial charge in [0.05, 0.1) is 6.07 Å². The summed E-state index contributed by atoms with van der Waals surface area (Å²) in [5.41, 5.74) is 1.14. The van der Waals surface area contributed by atoms with Gasteiger partial charge in [0.2, 0.25) is 0 Å². The fourth-order valence-corrected chi connectivity index (χ4v) is 4.39. The molecule has 21 heavy (non-hydrogen) atoms. The number of nitriles is 1. The van der Waals surface area contributed by atoms with E-state index in [0.29, 0.717) is 17.2 Å². The van der Waals surface area contributed by atoms with Crippen LogP contribution >= 0.6 is 11.8 Å². The Hall–Kier alpha value is -0.980. The minimum atomic E-state index is -0.253. The zero-order valence-electron chi connectivity index (χ0n) is 12.9. The third-order valence-corrected chi connectivity index (χ3v) is 5.87. The second-order valence-corrected chi connectivity index (χ2v) is 8.19. The lowest BCUT2D eigenvalue weighted by Gasteiger charge is -2.22. The number of benzene rings is 1. The lowest BCUT2D eigenvalue weighted by molar-refractivity contribution is 0.420. The van der Waals surface area contributed by atoms with Crippen molar-refractivity contribution >= 4 is 11.8 Å². The standard InChI is InChI=1S/C18H24N2S/c1-13(2)14-3-7-16(8-4-14)21-17-9-10-18(11-17,12-19)20-15-5-6-15/h3-4,7-8,13,15,17,20H,5-6,9-11H2,1-2H3. The molecule has 3 heteroatoms. The normalized spacial score (nSPS) is 28.8. The van der Waals surface area contributed by atoms with E-state index >= 15 is 0 Å². The maximum atomic E-state index is 9.55. The molecule has 0 bridgehead atoms. The highest BCUT2D eigenvalue weighted by atomic mass is 32.2. The summed E-state index contributed by atoms with van der Waals surface area (Å²) in [7, 11) is 0. The summed E-state index contributed by atoms with van der Waals surface area (Å²) < 4.78 is 0. The van der Waals surface area contributed by atoms with Crippen LogP contribution in [-0.4, -0.2) is 16.8 Å². The average Bonchev–Trinajstić information content (AvgIpc) is 3.20. The second kappa shape index (κ2) is 6.02. The highest BCUT2D eigenvalue weighted by molar-refractivity contribution is 8.00. The van der Waals surface area contributed by atoms with Crippen molar-refractivity contribution in [1.82, 2.24) is 5.32 Å². The summed E-state index contributed by atoms with van der Waals surface area (Å²) in [6.07, 6.45) is 5.62. The first-order valence-electron chi connectivity index (χ1n) is 8.06. The third kappa shape index (κ3) is 3.62. The molecule has 0 aromatic heterocycles. The van der Waals surface area contributed by atoms with E-state index in [0.717, 1.165) is 19.3 Å². The summed E-state index contributed by atoms with van der Waals surface area (Å²) in [6, 6.07) is 12.1. The number of hydrogen-bond donors (Lipinski definition) is 1. The molecule has 0 aliphatic heterocycles. The van der Waals surface area contributed by atoms with Crippen molar-refractivity contribution in [3.05, 3.63) is 29.8 Å². The molecule has 0 amide bonds. The van der Waals surface area contributed by atoms with Gasteiger partial charge in [-0.05, 0) is 55.7 Å². The van der Waals surface area contributed by atoms with E-state index in [9.17, 15) is 5.26 Å². The number of thioether (sulfide) groups is 1. The third-order valence-electron chi connectivity index (χ3n) is 4.59. The Labute approximate surface area is 132 Å². The summed E-state index contributed by atoms with van der Waals surface area (Å²) in [5.74, 6) is 0.588. The maximum absolute atomic E-state index is 9.55. The number of rotatable bonds is 5. The maximum Gasteiger partial charge on any atom is 0.108 e. The Kier molecular flexibility index (Phi) is 4.28. The smallest absolute Gasteiger partial charge is 0.108 e. The summed E-state index contributed by atoms with van der Waals surface area (Å²) >= 11 is 1.95. The minimum absolute atomic E-state index is 0.253. The van der Waals surface area contributed by atoms with Gasteiger partial charge < -0.3 is 0 Å². The van der Waals surface area contributed by atoms with Crippen LogP contribution in [0.15, 0.2) is 29.2 Å². The van der Waals surface area contributed by atoms with E-state index in [-0.39, 0.29) is 5.54 Å². The molecule has 2 aliphatic rings. The molecule has 112 valence electrons. The van der Waals surface area contributed by atoms with Gasteiger partial charge in [0, 0.05) is 16.2 Å². The lowest BCUT2D eigenvalue weighted by atomic mass is 10.00. The first kappa shape index (κ1) is 14.9. The molecular weight excluding hydrogens is 276 g/mol. The van der Waals surface area contributed by atoms with E-state index in [4.69, 9.17) is 0 Å². The Morgan fingerprint density at radius 3 is 2.52 bits per heavy atom. The van der Waals surface area contributed by atoms with Crippen molar-refractivity contribution in [2.75, 3.05) is 0 Å². The Balaban J connectivity index is 1.60. The van der Waals surface area contributed by atoms with Crippen molar-refractivity contribution < 1.29 is 0 Å². The van der Waals surface area contributed by atoms with E-state index in [1.807, 2.05) is 11.8 Å². The van der Waals surface area contributed by atoms with Gasteiger partial charge in [-0.25, -0.2) is 0 Å². The summed E-state index contributed by atoms with van der Waals surface area (Å²) in [4.78, 5) is 1.34. The van der Waals surface area contributed by atoms with E-state index < -0.39 is 0 Å². The molecule has 2 nitrogen and oxygen atoms in total. The van der Waals surface area contributed by atoms with Crippen LogP contribution < -0.4 is 5.32 Å². The van der Waals surface area contributed by atoms with Crippen LogP contribution in [0.5, 0.6) is 0 Å². The molecule has 0 saturated heterocycles. The zero-order chi connectivity index (χ0) is 14.9. The second-order valence-electron chi connectivity index (χ2n) is 6.82. The topological polar surface area (TPSA) is 35.8 Å². The number of nitrogens with one attached hydrogen (secondary N) is 1. The van der Waals surface area contributed by atoms with Crippen LogP contribution in [0.2, 0.25) is 0 Å². The van der Waals surface area contributed by atoms with Crippen LogP contribution in [0.4, 0.5) is 0 Å². The first-order valence-corrected chi connectivity index (χ1v) is 8.94. The van der Waals surface area contributed by atoms with Crippen LogP contribution in [-0.2, 0) is 0 Å². The van der Waals surface area contributed by atoms with Gasteiger partial charge in [0.1, 0.15) is 5.54 Å². The minimum Gasteiger partial charge on any atom is -0.297 e. The monoisotopic (exact) mass is 300 g/mol. The van der Waals surface area contributed by atoms with Crippen LogP contribution in [0.1, 0.15) is 57.4 Å². The molecule has 2 saturated carbocycles.